The molecule has 38 heavy (non-hydrogen) atoms. The smallest absolute Gasteiger partial charge is 0.428 e. The molecule has 0 aromatic heterocycles. The van der Waals surface area contributed by atoms with Gasteiger partial charge in [-0.2, -0.15) is 30.7 Å². The monoisotopic (exact) mass is 549 g/mol. The van der Waals surface area contributed by atoms with Crippen molar-refractivity contribution in [2.24, 2.45) is 0 Å². The van der Waals surface area contributed by atoms with Gasteiger partial charge in [0.1, 0.15) is 17.4 Å². The molecule has 0 fully saturated rings. The first-order chi connectivity index (χ1) is 17.7. The van der Waals surface area contributed by atoms with E-state index in [4.69, 9.17) is 0 Å². The lowest BCUT2D eigenvalue weighted by Gasteiger charge is -2.37. The van der Waals surface area contributed by atoms with E-state index < -0.39 is 60.4 Å². The van der Waals surface area contributed by atoms with Crippen molar-refractivity contribution in [3.63, 3.8) is 0 Å². The van der Waals surface area contributed by atoms with Crippen LogP contribution < -0.4 is 10.1 Å². The third kappa shape index (κ3) is 7.42. The molecule has 3 aromatic rings. The molecule has 0 saturated heterocycles. The minimum Gasteiger partial charge on any atom is -0.428 e. The first-order valence-electron chi connectivity index (χ1n) is 11.0. The van der Waals surface area contributed by atoms with E-state index in [-0.39, 0.29) is 17.5 Å². The average molecular weight is 549 g/mol. The Hall–Kier alpha value is -3.70. The Labute approximate surface area is 211 Å². The van der Waals surface area contributed by atoms with Crippen LogP contribution in [-0.4, -0.2) is 24.6 Å². The van der Waals surface area contributed by atoms with Gasteiger partial charge in [0.25, 0.3) is 0 Å². The highest BCUT2D eigenvalue weighted by Crippen LogP contribution is 2.38. The van der Waals surface area contributed by atoms with E-state index in [1.54, 1.807) is 30.3 Å². The maximum atomic E-state index is 14.7. The van der Waals surface area contributed by atoms with Crippen LogP contribution in [0.15, 0.2) is 72.8 Å². The van der Waals surface area contributed by atoms with E-state index >= 15 is 0 Å². The van der Waals surface area contributed by atoms with E-state index in [0.717, 1.165) is 24.3 Å². The summed E-state index contributed by atoms with van der Waals surface area (Å²) in [5, 5.41) is 2.42. The molecule has 3 aromatic carbocycles. The lowest BCUT2D eigenvalue weighted by atomic mass is 9.77. The molecule has 0 aliphatic carbocycles. The van der Waals surface area contributed by atoms with Crippen LogP contribution >= 0.6 is 0 Å². The Morgan fingerprint density at radius 2 is 1.45 bits per heavy atom. The molecule has 3 rings (SSSR count). The van der Waals surface area contributed by atoms with Gasteiger partial charge in [-0.05, 0) is 41.0 Å². The van der Waals surface area contributed by atoms with E-state index in [1.807, 2.05) is 0 Å². The molecule has 0 spiro atoms. The first-order valence-corrected chi connectivity index (χ1v) is 11.0. The second-order valence-corrected chi connectivity index (χ2v) is 8.38. The zero-order chi connectivity index (χ0) is 28.1. The van der Waals surface area contributed by atoms with Gasteiger partial charge in [0, 0.05) is 18.9 Å². The molecule has 0 heterocycles. The summed E-state index contributed by atoms with van der Waals surface area (Å²) in [6.07, 6.45) is -16.8. The summed E-state index contributed by atoms with van der Waals surface area (Å²) in [6.45, 7) is 0. The lowest BCUT2D eigenvalue weighted by Crippen LogP contribution is -2.49. The van der Waals surface area contributed by atoms with Gasteiger partial charge in [0.05, 0.1) is 12.0 Å². The van der Waals surface area contributed by atoms with E-state index in [0.29, 0.717) is 11.6 Å². The number of carbonyl (C=O) groups is 1. The van der Waals surface area contributed by atoms with Crippen LogP contribution in [0, 0.1) is 11.6 Å². The van der Waals surface area contributed by atoms with Crippen LogP contribution in [-0.2, 0) is 16.8 Å². The number of alkyl halides is 7. The summed E-state index contributed by atoms with van der Waals surface area (Å²) < 4.78 is 124. The number of hydrogen-bond acceptors (Lipinski definition) is 2. The number of hydrogen-bond donors (Lipinski definition) is 1. The summed E-state index contributed by atoms with van der Waals surface area (Å²) in [5.74, 6) is -4.13. The van der Waals surface area contributed by atoms with Crippen LogP contribution in [0.25, 0.3) is 0 Å². The van der Waals surface area contributed by atoms with Crippen LogP contribution in [0.5, 0.6) is 5.75 Å². The highest BCUT2D eigenvalue weighted by atomic mass is 19.4. The number of benzene rings is 3. The van der Waals surface area contributed by atoms with Crippen molar-refractivity contribution >= 4 is 5.91 Å². The van der Waals surface area contributed by atoms with Crippen molar-refractivity contribution in [3.8, 4) is 5.75 Å². The summed E-state index contributed by atoms with van der Waals surface area (Å²) in [7, 11) is 0. The fraction of sp³-hybridized carbons (Fsp3) is 0.269. The molecule has 0 aliphatic rings. The minimum atomic E-state index is -5.00. The lowest BCUT2D eigenvalue weighted by molar-refractivity contribution is -0.253. The number of carbonyl (C=O) groups excluding carboxylic acids is 1. The third-order valence-electron chi connectivity index (χ3n) is 5.51. The Balaban J connectivity index is 2.21. The largest absolute Gasteiger partial charge is 0.461 e. The number of rotatable bonds is 10. The van der Waals surface area contributed by atoms with Gasteiger partial charge >= 0.3 is 18.7 Å². The summed E-state index contributed by atoms with van der Waals surface area (Å²) in [5.41, 5.74) is -1.79. The molecule has 0 bridgehead atoms. The predicted molar refractivity (Wildman–Crippen MR) is 119 cm³/mol. The second kappa shape index (κ2) is 11.4. The van der Waals surface area contributed by atoms with Crippen molar-refractivity contribution in [1.82, 2.24) is 5.32 Å². The van der Waals surface area contributed by atoms with Crippen molar-refractivity contribution in [1.29, 1.82) is 0 Å². The van der Waals surface area contributed by atoms with E-state index in [9.17, 15) is 44.3 Å². The highest BCUT2D eigenvalue weighted by Gasteiger charge is 2.45. The molecule has 0 radical (unpaired) electrons. The summed E-state index contributed by atoms with van der Waals surface area (Å²) in [4.78, 5) is 12.8. The number of nitrogens with one attached hydrogen (secondary N) is 1. The van der Waals surface area contributed by atoms with Gasteiger partial charge in [-0.1, -0.05) is 42.5 Å². The van der Waals surface area contributed by atoms with Crippen LogP contribution in [0.1, 0.15) is 29.5 Å². The molecular weight excluding hydrogens is 529 g/mol. The second-order valence-electron chi connectivity index (χ2n) is 8.38. The van der Waals surface area contributed by atoms with E-state index in [2.05, 4.69) is 10.1 Å². The van der Waals surface area contributed by atoms with Crippen LogP contribution in [0.2, 0.25) is 0 Å². The first kappa shape index (κ1) is 28.9. The normalized spacial score (nSPS) is 13.7. The third-order valence-corrected chi connectivity index (χ3v) is 5.51. The maximum absolute atomic E-state index is 14.7. The molecule has 0 aliphatic heterocycles. The predicted octanol–water partition coefficient (Wildman–Crippen LogP) is 7.15. The van der Waals surface area contributed by atoms with Gasteiger partial charge in [0.2, 0.25) is 5.91 Å². The quantitative estimate of drug-likeness (QED) is 0.273. The van der Waals surface area contributed by atoms with E-state index in [1.165, 1.54) is 12.1 Å². The Bertz CT molecular complexity index is 1230. The molecule has 1 atom stereocenters. The topological polar surface area (TPSA) is 38.3 Å². The SMILES string of the molecule is O=C(CCC(F)(F)F)N[C@](Cc1ccccc1)(c1ccc(F)cc1)c1cc(F)cc(OC(F)(F)C(F)F)c1. The standard InChI is InChI=1S/C26H20F9NO2/c27-19-8-6-17(7-9-19)24(15-16-4-2-1-3-5-16,36-22(37)10-11-25(31,32)33)18-12-20(28)14-21(13-18)38-26(34,35)23(29)30/h1-9,12-14,23H,10-11,15H2,(H,36,37)/t24-/m1/s1. The van der Waals surface area contributed by atoms with Crippen molar-refractivity contribution in [3.05, 3.63) is 101 Å². The Kier molecular flexibility index (Phi) is 8.63. The van der Waals surface area contributed by atoms with Crippen molar-refractivity contribution < 1.29 is 49.0 Å². The van der Waals surface area contributed by atoms with Crippen LogP contribution in [0.3, 0.4) is 0 Å². The number of ether oxygens (including phenoxy) is 1. The molecule has 204 valence electrons. The minimum absolute atomic E-state index is 0.0419. The summed E-state index contributed by atoms with van der Waals surface area (Å²) >= 11 is 0. The molecule has 0 saturated carbocycles. The highest BCUT2D eigenvalue weighted by molar-refractivity contribution is 5.78. The fourth-order valence-electron chi connectivity index (χ4n) is 3.82. The van der Waals surface area contributed by atoms with Gasteiger partial charge in [-0.3, -0.25) is 4.79 Å². The van der Waals surface area contributed by atoms with Gasteiger partial charge in [-0.25, -0.2) is 8.78 Å². The van der Waals surface area contributed by atoms with Crippen LogP contribution in [0.4, 0.5) is 39.5 Å². The molecular formula is C26H20F9NO2. The summed E-state index contributed by atoms with van der Waals surface area (Å²) in [6, 6.07) is 14.2. The Morgan fingerprint density at radius 3 is 2.03 bits per heavy atom. The molecule has 0 unspecified atom stereocenters. The zero-order valence-corrected chi connectivity index (χ0v) is 19.3. The van der Waals surface area contributed by atoms with Crippen molar-refractivity contribution in [2.45, 2.75) is 43.5 Å². The Morgan fingerprint density at radius 1 is 0.816 bits per heavy atom. The average Bonchev–Trinajstić information content (AvgIpc) is 2.82. The molecule has 1 N–H and O–H groups in total. The molecule has 3 nitrogen and oxygen atoms in total. The molecule has 1 amide bonds. The number of amides is 1. The van der Waals surface area contributed by atoms with Gasteiger partial charge in [-0.15, -0.1) is 0 Å². The molecule has 12 heteroatoms. The number of halogens is 9. The zero-order valence-electron chi connectivity index (χ0n) is 19.3. The van der Waals surface area contributed by atoms with Gasteiger partial charge in [0.15, 0.2) is 0 Å². The van der Waals surface area contributed by atoms with Gasteiger partial charge < -0.3 is 10.1 Å². The maximum Gasteiger partial charge on any atom is 0.461 e. The fourth-order valence-corrected chi connectivity index (χ4v) is 3.82. The van der Waals surface area contributed by atoms with Crippen molar-refractivity contribution in [2.75, 3.05) is 0 Å².